The van der Waals surface area contributed by atoms with E-state index < -0.39 is 0 Å². The van der Waals surface area contributed by atoms with Crippen molar-refractivity contribution in [1.29, 1.82) is 0 Å². The fourth-order valence-corrected chi connectivity index (χ4v) is 2.97. The molecule has 1 saturated carbocycles. The zero-order valence-electron chi connectivity index (χ0n) is 12.4. The number of benzene rings is 1. The minimum absolute atomic E-state index is 0.279. The molecule has 1 fully saturated rings. The molecule has 0 bridgehead atoms. The van der Waals surface area contributed by atoms with Crippen molar-refractivity contribution >= 4 is 5.91 Å². The van der Waals surface area contributed by atoms with Crippen LogP contribution in [0.4, 0.5) is 0 Å². The fourth-order valence-electron chi connectivity index (χ4n) is 2.97. The Morgan fingerprint density at radius 3 is 2.58 bits per heavy atom. The highest BCUT2D eigenvalue weighted by Gasteiger charge is 2.51. The van der Waals surface area contributed by atoms with Gasteiger partial charge in [-0.1, -0.05) is 51.1 Å². The Labute approximate surface area is 116 Å². The molecule has 1 aromatic rings. The molecule has 0 saturated heterocycles. The topological polar surface area (TPSA) is 20.3 Å². The molecule has 0 radical (unpaired) electrons. The Bertz CT molecular complexity index is 428. The van der Waals surface area contributed by atoms with Gasteiger partial charge in [0.2, 0.25) is 5.91 Å². The first-order valence-electron chi connectivity index (χ1n) is 7.45. The summed E-state index contributed by atoms with van der Waals surface area (Å²) < 4.78 is 0. The number of carbonyl (C=O) groups is 1. The maximum atomic E-state index is 11.9. The molecule has 0 N–H and O–H groups in total. The van der Waals surface area contributed by atoms with E-state index in [2.05, 4.69) is 49.1 Å². The Hall–Kier alpha value is -1.31. The van der Waals surface area contributed by atoms with Crippen molar-refractivity contribution in [3.05, 3.63) is 35.9 Å². The van der Waals surface area contributed by atoms with Crippen molar-refractivity contribution < 1.29 is 4.79 Å². The van der Waals surface area contributed by atoms with Crippen molar-refractivity contribution in [3.8, 4) is 0 Å². The number of hydrogen-bond acceptors (Lipinski definition) is 1. The Morgan fingerprint density at radius 1 is 1.32 bits per heavy atom. The lowest BCUT2D eigenvalue weighted by atomic mass is 9.95. The van der Waals surface area contributed by atoms with Crippen LogP contribution < -0.4 is 0 Å². The standard InChI is InChI=1S/C17H25NO/c1-4-11-18(16(19)5-2)13-15-12-17(15,3)14-9-7-6-8-10-14/h6-10,15H,4-5,11-13H2,1-3H3. The molecule has 1 aromatic carbocycles. The molecule has 0 aromatic heterocycles. The van der Waals surface area contributed by atoms with E-state index in [1.165, 1.54) is 12.0 Å². The van der Waals surface area contributed by atoms with E-state index in [-0.39, 0.29) is 5.41 Å². The molecule has 1 aliphatic carbocycles. The van der Waals surface area contributed by atoms with E-state index in [1.807, 2.05) is 6.92 Å². The first kappa shape index (κ1) is 14.1. The van der Waals surface area contributed by atoms with Crippen LogP contribution in [0.2, 0.25) is 0 Å². The molecule has 2 heteroatoms. The third-order valence-electron chi connectivity index (χ3n) is 4.43. The average molecular weight is 259 g/mol. The van der Waals surface area contributed by atoms with Crippen molar-refractivity contribution in [1.82, 2.24) is 4.90 Å². The minimum atomic E-state index is 0.279. The molecule has 2 atom stereocenters. The van der Waals surface area contributed by atoms with Crippen LogP contribution in [0.1, 0.15) is 45.6 Å². The lowest BCUT2D eigenvalue weighted by Gasteiger charge is -2.23. The van der Waals surface area contributed by atoms with Gasteiger partial charge in [-0.25, -0.2) is 0 Å². The number of hydrogen-bond donors (Lipinski definition) is 0. The Morgan fingerprint density at radius 2 is 2.00 bits per heavy atom. The molecule has 2 nitrogen and oxygen atoms in total. The second-order valence-electron chi connectivity index (χ2n) is 5.88. The molecule has 1 amide bonds. The maximum Gasteiger partial charge on any atom is 0.222 e. The monoisotopic (exact) mass is 259 g/mol. The SMILES string of the molecule is CCCN(CC1CC1(C)c1ccccc1)C(=O)CC. The van der Waals surface area contributed by atoms with Gasteiger partial charge < -0.3 is 4.90 Å². The third kappa shape index (κ3) is 2.99. The van der Waals surface area contributed by atoms with Crippen molar-refractivity contribution in [2.75, 3.05) is 13.1 Å². The van der Waals surface area contributed by atoms with Gasteiger partial charge in [0.15, 0.2) is 0 Å². The van der Waals surface area contributed by atoms with Crippen molar-refractivity contribution in [2.24, 2.45) is 5.92 Å². The van der Waals surface area contributed by atoms with E-state index in [1.54, 1.807) is 0 Å². The van der Waals surface area contributed by atoms with Gasteiger partial charge in [-0.15, -0.1) is 0 Å². The van der Waals surface area contributed by atoms with Gasteiger partial charge in [-0.2, -0.15) is 0 Å². The molecule has 1 aliphatic rings. The van der Waals surface area contributed by atoms with E-state index in [9.17, 15) is 4.79 Å². The van der Waals surface area contributed by atoms with Gasteiger partial charge in [0, 0.05) is 19.5 Å². The number of carbonyl (C=O) groups excluding carboxylic acids is 1. The molecule has 2 unspecified atom stereocenters. The van der Waals surface area contributed by atoms with Crippen LogP contribution in [0.15, 0.2) is 30.3 Å². The normalized spacial score (nSPS) is 25.1. The van der Waals surface area contributed by atoms with Crippen LogP contribution in [-0.4, -0.2) is 23.9 Å². The smallest absolute Gasteiger partial charge is 0.222 e. The quantitative estimate of drug-likeness (QED) is 0.764. The summed E-state index contributed by atoms with van der Waals surface area (Å²) >= 11 is 0. The van der Waals surface area contributed by atoms with E-state index in [0.717, 1.165) is 19.5 Å². The summed E-state index contributed by atoms with van der Waals surface area (Å²) in [6, 6.07) is 10.7. The van der Waals surface area contributed by atoms with Crippen LogP contribution in [0, 0.1) is 5.92 Å². The van der Waals surface area contributed by atoms with Gasteiger partial charge in [-0.3, -0.25) is 4.79 Å². The highest BCUT2D eigenvalue weighted by molar-refractivity contribution is 5.75. The van der Waals surface area contributed by atoms with Gasteiger partial charge in [0.25, 0.3) is 0 Å². The molecule has 104 valence electrons. The first-order chi connectivity index (χ1) is 9.11. The summed E-state index contributed by atoms with van der Waals surface area (Å²) in [7, 11) is 0. The molecule has 2 rings (SSSR count). The molecule has 0 heterocycles. The Balaban J connectivity index is 2.00. The largest absolute Gasteiger partial charge is 0.342 e. The molecule has 0 aliphatic heterocycles. The number of amides is 1. The van der Waals surface area contributed by atoms with E-state index in [0.29, 0.717) is 18.2 Å². The van der Waals surface area contributed by atoms with Crippen molar-refractivity contribution in [3.63, 3.8) is 0 Å². The molecular formula is C17H25NO. The summed E-state index contributed by atoms with van der Waals surface area (Å²) in [5.74, 6) is 0.918. The predicted octanol–water partition coefficient (Wildman–Crippen LogP) is 3.61. The number of nitrogens with zero attached hydrogens (tertiary/aromatic N) is 1. The van der Waals surface area contributed by atoms with Gasteiger partial charge in [0.05, 0.1) is 0 Å². The minimum Gasteiger partial charge on any atom is -0.342 e. The first-order valence-corrected chi connectivity index (χ1v) is 7.45. The van der Waals surface area contributed by atoms with Crippen LogP contribution in [0.25, 0.3) is 0 Å². The van der Waals surface area contributed by atoms with Crippen LogP contribution >= 0.6 is 0 Å². The van der Waals surface area contributed by atoms with Crippen molar-refractivity contribution in [2.45, 2.75) is 45.4 Å². The lowest BCUT2D eigenvalue weighted by molar-refractivity contribution is -0.131. The van der Waals surface area contributed by atoms with Gasteiger partial charge in [0.1, 0.15) is 0 Å². The predicted molar refractivity (Wildman–Crippen MR) is 79.1 cm³/mol. The number of rotatable bonds is 6. The fraction of sp³-hybridized carbons (Fsp3) is 0.588. The molecule has 0 spiro atoms. The van der Waals surface area contributed by atoms with Gasteiger partial charge in [-0.05, 0) is 29.7 Å². The highest BCUT2D eigenvalue weighted by atomic mass is 16.2. The zero-order chi connectivity index (χ0) is 13.9. The van der Waals surface area contributed by atoms with E-state index in [4.69, 9.17) is 0 Å². The lowest BCUT2D eigenvalue weighted by Crippen LogP contribution is -2.34. The Kier molecular flexibility index (Phi) is 4.28. The summed E-state index contributed by atoms with van der Waals surface area (Å²) in [5.41, 5.74) is 1.70. The highest BCUT2D eigenvalue weighted by Crippen LogP contribution is 2.54. The summed E-state index contributed by atoms with van der Waals surface area (Å²) in [6.07, 6.45) is 2.86. The van der Waals surface area contributed by atoms with Crippen LogP contribution in [0.3, 0.4) is 0 Å². The second-order valence-corrected chi connectivity index (χ2v) is 5.88. The maximum absolute atomic E-state index is 11.9. The summed E-state index contributed by atoms with van der Waals surface area (Å²) in [5, 5.41) is 0. The van der Waals surface area contributed by atoms with E-state index >= 15 is 0 Å². The zero-order valence-corrected chi connectivity index (χ0v) is 12.4. The third-order valence-corrected chi connectivity index (χ3v) is 4.43. The summed E-state index contributed by atoms with van der Waals surface area (Å²) in [6.45, 7) is 8.24. The molecule has 19 heavy (non-hydrogen) atoms. The van der Waals surface area contributed by atoms with Crippen LogP contribution in [0.5, 0.6) is 0 Å². The molecular weight excluding hydrogens is 234 g/mol. The second kappa shape index (κ2) is 5.77. The summed E-state index contributed by atoms with van der Waals surface area (Å²) in [4.78, 5) is 14.0. The van der Waals surface area contributed by atoms with Gasteiger partial charge >= 0.3 is 0 Å². The van der Waals surface area contributed by atoms with Crippen LogP contribution in [-0.2, 0) is 10.2 Å². The average Bonchev–Trinajstić information content (AvgIpc) is 3.10.